The number of carboxylic acid groups (broad SMARTS) is 1. The largest absolute Gasteiger partial charge is 0.546 e. The lowest BCUT2D eigenvalue weighted by Crippen LogP contribution is -2.28. The summed E-state index contributed by atoms with van der Waals surface area (Å²) in [5.41, 5.74) is 1.59. The van der Waals surface area contributed by atoms with Gasteiger partial charge >= 0.3 is 6.03 Å². The number of nitrogens with one attached hydrogen (secondary N) is 3. The van der Waals surface area contributed by atoms with E-state index in [2.05, 4.69) is 20.9 Å². The molecule has 3 rings (SSSR count). The molecule has 0 saturated carbocycles. The molecule has 9 nitrogen and oxygen atoms in total. The highest BCUT2D eigenvalue weighted by Crippen LogP contribution is 2.19. The third-order valence-electron chi connectivity index (χ3n) is 3.72. The van der Waals surface area contributed by atoms with Crippen LogP contribution in [0, 0.1) is 0 Å². The molecule has 0 atom stereocenters. The quantitative estimate of drug-likeness (QED) is 0.505. The lowest BCUT2D eigenvalue weighted by atomic mass is 10.2. The lowest BCUT2D eigenvalue weighted by molar-refractivity contribution is -0.307. The molecule has 0 aliphatic heterocycles. The molecule has 3 N–H and O–H groups in total. The Morgan fingerprint density at radius 1 is 1.00 bits per heavy atom. The molecule has 0 bridgehead atoms. The molecule has 0 spiro atoms. The number of aliphatic carboxylic acids is 1. The van der Waals surface area contributed by atoms with Crippen LogP contribution in [0.25, 0.3) is 0 Å². The van der Waals surface area contributed by atoms with Gasteiger partial charge in [-0.05, 0) is 29.8 Å². The van der Waals surface area contributed by atoms with Crippen molar-refractivity contribution in [1.29, 1.82) is 0 Å². The fourth-order valence-electron chi connectivity index (χ4n) is 2.33. The van der Waals surface area contributed by atoms with Gasteiger partial charge in [-0.25, -0.2) is 9.78 Å². The van der Waals surface area contributed by atoms with Gasteiger partial charge in [-0.1, -0.05) is 30.3 Å². The summed E-state index contributed by atoms with van der Waals surface area (Å²) in [7, 11) is 0. The van der Waals surface area contributed by atoms with Gasteiger partial charge in [0, 0.05) is 17.6 Å². The van der Waals surface area contributed by atoms with Crippen LogP contribution in [0.5, 0.6) is 5.75 Å². The minimum absolute atomic E-state index is 0.149. The zero-order chi connectivity index (χ0) is 21.3. The summed E-state index contributed by atoms with van der Waals surface area (Å²) in [5.74, 6) is -1.44. The first-order valence-corrected chi connectivity index (χ1v) is 9.66. The average Bonchev–Trinajstić information content (AvgIpc) is 3.21. The maximum atomic E-state index is 12.3. The van der Waals surface area contributed by atoms with Crippen molar-refractivity contribution in [3.8, 4) is 5.75 Å². The number of benzene rings is 2. The predicted molar refractivity (Wildman–Crippen MR) is 109 cm³/mol. The Labute approximate surface area is 175 Å². The smallest absolute Gasteiger partial charge is 0.321 e. The highest BCUT2D eigenvalue weighted by atomic mass is 32.1. The first-order valence-electron chi connectivity index (χ1n) is 8.78. The second-order valence-electron chi connectivity index (χ2n) is 5.97. The molecule has 0 aliphatic rings. The number of hydrogen-bond acceptors (Lipinski definition) is 7. The maximum Gasteiger partial charge on any atom is 0.321 e. The van der Waals surface area contributed by atoms with Crippen LogP contribution in [0.4, 0.5) is 15.6 Å². The maximum absolute atomic E-state index is 12.3. The van der Waals surface area contributed by atoms with E-state index in [0.29, 0.717) is 18.0 Å². The number of nitrogens with zero attached hydrogens (tertiary/aromatic N) is 1. The lowest BCUT2D eigenvalue weighted by Gasteiger charge is -2.08. The summed E-state index contributed by atoms with van der Waals surface area (Å²) in [6.45, 7) is -0.187. The van der Waals surface area contributed by atoms with Gasteiger partial charge in [-0.2, -0.15) is 0 Å². The Bertz CT molecular complexity index is 1020. The summed E-state index contributed by atoms with van der Waals surface area (Å²) in [4.78, 5) is 38.8. The van der Waals surface area contributed by atoms with Gasteiger partial charge < -0.3 is 25.3 Å². The number of carboxylic acids is 1. The van der Waals surface area contributed by atoms with E-state index in [9.17, 15) is 19.5 Å². The fourth-order valence-corrected chi connectivity index (χ4v) is 3.01. The van der Waals surface area contributed by atoms with Crippen LogP contribution < -0.4 is 25.8 Å². The van der Waals surface area contributed by atoms with Gasteiger partial charge in [-0.3, -0.25) is 10.1 Å². The van der Waals surface area contributed by atoms with E-state index < -0.39 is 24.5 Å². The van der Waals surface area contributed by atoms with E-state index in [1.165, 1.54) is 17.5 Å². The van der Waals surface area contributed by atoms with Crippen molar-refractivity contribution in [3.05, 3.63) is 71.2 Å². The van der Waals surface area contributed by atoms with Crippen LogP contribution in [-0.2, 0) is 11.3 Å². The number of carbonyl (C=O) groups is 3. The molecule has 0 saturated heterocycles. The van der Waals surface area contributed by atoms with E-state index in [1.54, 1.807) is 12.1 Å². The second kappa shape index (κ2) is 10.0. The van der Waals surface area contributed by atoms with E-state index in [1.807, 2.05) is 30.3 Å². The zero-order valence-electron chi connectivity index (χ0n) is 15.6. The third-order valence-corrected chi connectivity index (χ3v) is 4.48. The number of aromatic nitrogens is 1. The van der Waals surface area contributed by atoms with Crippen molar-refractivity contribution in [2.75, 3.05) is 17.2 Å². The highest BCUT2D eigenvalue weighted by molar-refractivity contribution is 7.14. The van der Waals surface area contributed by atoms with Crippen molar-refractivity contribution in [2.45, 2.75) is 6.54 Å². The number of thiazole rings is 1. The van der Waals surface area contributed by atoms with Crippen molar-refractivity contribution in [3.63, 3.8) is 0 Å². The van der Waals surface area contributed by atoms with E-state index in [4.69, 9.17) is 4.74 Å². The van der Waals surface area contributed by atoms with Crippen LogP contribution in [-0.4, -0.2) is 29.5 Å². The number of hydrogen-bond donors (Lipinski definition) is 3. The van der Waals surface area contributed by atoms with Crippen LogP contribution in [0.1, 0.15) is 16.1 Å². The van der Waals surface area contributed by atoms with Crippen molar-refractivity contribution in [2.24, 2.45) is 0 Å². The Kier molecular flexibility index (Phi) is 6.95. The topological polar surface area (TPSA) is 132 Å². The first-order chi connectivity index (χ1) is 14.5. The molecule has 0 fully saturated rings. The standard InChI is InChI=1S/C20H18N4O5S/c25-17(26)11-29-15-8-6-14(7-9-15)22-18(27)16-12-30-20(23-16)24-19(28)21-10-13-4-2-1-3-5-13/h1-9,12H,10-11H2,(H,22,27)(H,25,26)(H2,21,23,24,28)/p-1. The number of carbonyl (C=O) groups excluding carboxylic acids is 3. The summed E-state index contributed by atoms with van der Waals surface area (Å²) < 4.78 is 4.97. The Morgan fingerprint density at radius 3 is 2.43 bits per heavy atom. The van der Waals surface area contributed by atoms with Crippen molar-refractivity contribution in [1.82, 2.24) is 10.3 Å². The van der Waals surface area contributed by atoms with Gasteiger partial charge in [0.05, 0.1) is 5.97 Å². The van der Waals surface area contributed by atoms with Gasteiger partial charge in [-0.15, -0.1) is 11.3 Å². The zero-order valence-corrected chi connectivity index (χ0v) is 16.4. The SMILES string of the molecule is O=C([O-])COc1ccc(NC(=O)c2csc(NC(=O)NCc3ccccc3)n2)cc1. The highest BCUT2D eigenvalue weighted by Gasteiger charge is 2.13. The van der Waals surface area contributed by atoms with E-state index >= 15 is 0 Å². The summed E-state index contributed by atoms with van der Waals surface area (Å²) in [6.07, 6.45) is 0. The van der Waals surface area contributed by atoms with Crippen molar-refractivity contribution < 1.29 is 24.2 Å². The predicted octanol–water partition coefficient (Wildman–Crippen LogP) is 1.85. The van der Waals surface area contributed by atoms with Crippen LogP contribution in [0.15, 0.2) is 60.0 Å². The van der Waals surface area contributed by atoms with Crippen LogP contribution in [0.2, 0.25) is 0 Å². The Hall–Kier alpha value is -3.92. The number of amides is 3. The van der Waals surface area contributed by atoms with Crippen LogP contribution in [0.3, 0.4) is 0 Å². The average molecular weight is 425 g/mol. The number of ether oxygens (including phenoxy) is 1. The van der Waals surface area contributed by atoms with Gasteiger partial charge in [0.25, 0.3) is 5.91 Å². The number of anilines is 2. The van der Waals surface area contributed by atoms with Crippen molar-refractivity contribution >= 4 is 40.1 Å². The molecule has 1 aromatic heterocycles. The third kappa shape index (κ3) is 6.31. The minimum Gasteiger partial charge on any atom is -0.546 e. The number of rotatable bonds is 8. The van der Waals surface area contributed by atoms with Gasteiger partial charge in [0.15, 0.2) is 5.13 Å². The normalized spacial score (nSPS) is 10.1. The molecular weight excluding hydrogens is 408 g/mol. The molecule has 2 aromatic carbocycles. The molecule has 0 aliphatic carbocycles. The number of urea groups is 1. The molecule has 10 heteroatoms. The molecule has 30 heavy (non-hydrogen) atoms. The fraction of sp³-hybridized carbons (Fsp3) is 0.100. The molecule has 0 radical (unpaired) electrons. The summed E-state index contributed by atoms with van der Waals surface area (Å²) in [5, 5.41) is 20.2. The Morgan fingerprint density at radius 2 is 1.73 bits per heavy atom. The van der Waals surface area contributed by atoms with Crippen LogP contribution >= 0.6 is 11.3 Å². The molecule has 3 aromatic rings. The minimum atomic E-state index is -1.32. The van der Waals surface area contributed by atoms with E-state index in [0.717, 1.165) is 16.9 Å². The Balaban J connectivity index is 1.49. The monoisotopic (exact) mass is 425 g/mol. The van der Waals surface area contributed by atoms with E-state index in [-0.39, 0.29) is 10.8 Å². The van der Waals surface area contributed by atoms with Gasteiger partial charge in [0.2, 0.25) is 0 Å². The molecule has 154 valence electrons. The molecule has 0 unspecified atom stereocenters. The molecule has 3 amide bonds. The first kappa shape index (κ1) is 20.8. The second-order valence-corrected chi connectivity index (χ2v) is 6.83. The summed E-state index contributed by atoms with van der Waals surface area (Å²) in [6, 6.07) is 15.2. The van der Waals surface area contributed by atoms with Gasteiger partial charge in [0.1, 0.15) is 18.1 Å². The summed E-state index contributed by atoms with van der Waals surface area (Å²) >= 11 is 1.12. The molecule has 1 heterocycles. The molecular formula is C20H17N4O5S-.